The maximum Gasteiger partial charge on any atom is 0.121 e. The second kappa shape index (κ2) is 5.13. The van der Waals surface area contributed by atoms with Crippen molar-refractivity contribution >= 4 is 27.8 Å². The predicted molar refractivity (Wildman–Crippen MR) is 84.6 cm³/mol. The highest BCUT2D eigenvalue weighted by Gasteiger charge is 2.05. The fourth-order valence-corrected chi connectivity index (χ4v) is 2.25. The smallest absolute Gasteiger partial charge is 0.121 e. The number of benzene rings is 3. The number of methoxy groups -OCH3 is 1. The fraction of sp³-hybridized carbons (Fsp3) is 0.0588. The first-order valence-electron chi connectivity index (χ1n) is 6.46. The van der Waals surface area contributed by atoms with E-state index in [0.717, 1.165) is 22.5 Å². The molecule has 0 heterocycles. The van der Waals surface area contributed by atoms with Crippen LogP contribution in [-0.4, -0.2) is 7.11 Å². The lowest BCUT2D eigenvalue weighted by Gasteiger charge is -2.13. The molecule has 0 radical (unpaired) electrons. The SMILES string of the molecule is COc1ccc(N)c(Nc2cccc3ccccc23)c1. The van der Waals surface area contributed by atoms with Gasteiger partial charge in [-0.15, -0.1) is 0 Å². The molecule has 0 amide bonds. The molecule has 100 valence electrons. The topological polar surface area (TPSA) is 47.3 Å². The largest absolute Gasteiger partial charge is 0.497 e. The lowest BCUT2D eigenvalue weighted by atomic mass is 10.1. The highest BCUT2D eigenvalue weighted by molar-refractivity contribution is 5.96. The highest BCUT2D eigenvalue weighted by Crippen LogP contribution is 2.31. The second-order valence-corrected chi connectivity index (χ2v) is 4.60. The highest BCUT2D eigenvalue weighted by atomic mass is 16.5. The Kier molecular flexibility index (Phi) is 3.17. The molecule has 0 aliphatic carbocycles. The Morgan fingerprint density at radius 3 is 2.55 bits per heavy atom. The van der Waals surface area contributed by atoms with E-state index in [0.29, 0.717) is 5.69 Å². The first kappa shape index (κ1) is 12.4. The van der Waals surface area contributed by atoms with Gasteiger partial charge in [-0.05, 0) is 23.6 Å². The summed E-state index contributed by atoms with van der Waals surface area (Å²) in [6, 6.07) is 20.0. The van der Waals surface area contributed by atoms with Crippen LogP contribution in [0, 0.1) is 0 Å². The minimum Gasteiger partial charge on any atom is -0.497 e. The van der Waals surface area contributed by atoms with Gasteiger partial charge >= 0.3 is 0 Å². The number of nitrogen functional groups attached to an aromatic ring is 1. The molecule has 0 fully saturated rings. The maximum absolute atomic E-state index is 6.02. The molecular weight excluding hydrogens is 248 g/mol. The summed E-state index contributed by atoms with van der Waals surface area (Å²) in [4.78, 5) is 0. The molecule has 0 aromatic heterocycles. The van der Waals surface area contributed by atoms with Gasteiger partial charge in [0.2, 0.25) is 0 Å². The van der Waals surface area contributed by atoms with Crippen molar-refractivity contribution in [2.24, 2.45) is 0 Å². The molecule has 20 heavy (non-hydrogen) atoms. The molecule has 0 saturated heterocycles. The van der Waals surface area contributed by atoms with Crippen molar-refractivity contribution in [3.63, 3.8) is 0 Å². The standard InChI is InChI=1S/C17H16N2O/c1-20-13-9-10-15(18)17(11-13)19-16-8-4-6-12-5-2-3-7-14(12)16/h2-11,19H,18H2,1H3. The summed E-state index contributed by atoms with van der Waals surface area (Å²) >= 11 is 0. The lowest BCUT2D eigenvalue weighted by molar-refractivity contribution is 0.415. The zero-order chi connectivity index (χ0) is 13.9. The van der Waals surface area contributed by atoms with E-state index in [1.165, 1.54) is 5.39 Å². The van der Waals surface area contributed by atoms with Crippen LogP contribution in [0.2, 0.25) is 0 Å². The van der Waals surface area contributed by atoms with E-state index in [4.69, 9.17) is 10.5 Å². The van der Waals surface area contributed by atoms with Gasteiger partial charge in [0.15, 0.2) is 0 Å². The molecular formula is C17H16N2O. The summed E-state index contributed by atoms with van der Waals surface area (Å²) in [5.41, 5.74) is 8.59. The third-order valence-electron chi connectivity index (χ3n) is 3.32. The van der Waals surface area contributed by atoms with Crippen LogP contribution in [-0.2, 0) is 0 Å². The molecule has 0 aliphatic rings. The number of fused-ring (bicyclic) bond motifs is 1. The van der Waals surface area contributed by atoms with Crippen LogP contribution in [0.5, 0.6) is 5.75 Å². The van der Waals surface area contributed by atoms with Crippen LogP contribution in [0.1, 0.15) is 0 Å². The molecule has 3 nitrogen and oxygen atoms in total. The first-order valence-corrected chi connectivity index (χ1v) is 6.46. The van der Waals surface area contributed by atoms with Crippen LogP contribution < -0.4 is 15.8 Å². The summed E-state index contributed by atoms with van der Waals surface area (Å²) in [7, 11) is 1.65. The second-order valence-electron chi connectivity index (χ2n) is 4.60. The van der Waals surface area contributed by atoms with Crippen LogP contribution in [0.4, 0.5) is 17.1 Å². The van der Waals surface area contributed by atoms with Crippen molar-refractivity contribution in [2.75, 3.05) is 18.2 Å². The first-order chi connectivity index (χ1) is 9.78. The lowest BCUT2D eigenvalue weighted by Crippen LogP contribution is -1.97. The van der Waals surface area contributed by atoms with Crippen LogP contribution in [0.15, 0.2) is 60.7 Å². The summed E-state index contributed by atoms with van der Waals surface area (Å²) in [6.45, 7) is 0. The van der Waals surface area contributed by atoms with Crippen molar-refractivity contribution in [1.29, 1.82) is 0 Å². The fourth-order valence-electron chi connectivity index (χ4n) is 2.25. The average Bonchev–Trinajstić information content (AvgIpc) is 2.50. The number of hydrogen-bond donors (Lipinski definition) is 2. The number of ether oxygens (including phenoxy) is 1. The van der Waals surface area contributed by atoms with Gasteiger partial charge in [-0.3, -0.25) is 0 Å². The van der Waals surface area contributed by atoms with Gasteiger partial charge in [0.05, 0.1) is 18.5 Å². The van der Waals surface area contributed by atoms with Gasteiger partial charge < -0.3 is 15.8 Å². The Balaban J connectivity index is 2.05. The molecule has 0 aliphatic heterocycles. The van der Waals surface area contributed by atoms with Crippen molar-refractivity contribution in [1.82, 2.24) is 0 Å². The Hall–Kier alpha value is -2.68. The quantitative estimate of drug-likeness (QED) is 0.698. The van der Waals surface area contributed by atoms with Gasteiger partial charge in [-0.2, -0.15) is 0 Å². The summed E-state index contributed by atoms with van der Waals surface area (Å²) in [5.74, 6) is 0.780. The van der Waals surface area contributed by atoms with E-state index in [9.17, 15) is 0 Å². The van der Waals surface area contributed by atoms with E-state index in [-0.39, 0.29) is 0 Å². The molecule has 0 bridgehead atoms. The van der Waals surface area contributed by atoms with Gasteiger partial charge in [-0.25, -0.2) is 0 Å². The van der Waals surface area contributed by atoms with Crippen LogP contribution >= 0.6 is 0 Å². The number of nitrogens with one attached hydrogen (secondary N) is 1. The molecule has 0 saturated carbocycles. The summed E-state index contributed by atoms with van der Waals surface area (Å²) < 4.78 is 5.24. The Bertz CT molecular complexity index is 748. The minimum absolute atomic E-state index is 0.693. The molecule has 3 aromatic carbocycles. The minimum atomic E-state index is 0.693. The molecule has 3 heteroatoms. The van der Waals surface area contributed by atoms with E-state index in [2.05, 4.69) is 23.5 Å². The average molecular weight is 264 g/mol. The van der Waals surface area contributed by atoms with Crippen molar-refractivity contribution < 1.29 is 4.74 Å². The molecule has 3 rings (SSSR count). The van der Waals surface area contributed by atoms with Crippen LogP contribution in [0.25, 0.3) is 10.8 Å². The van der Waals surface area contributed by atoms with Gasteiger partial charge in [0.25, 0.3) is 0 Å². The number of anilines is 3. The number of nitrogens with two attached hydrogens (primary N) is 1. The Morgan fingerprint density at radius 1 is 0.900 bits per heavy atom. The zero-order valence-electron chi connectivity index (χ0n) is 11.3. The van der Waals surface area contributed by atoms with Gasteiger partial charge in [0, 0.05) is 17.1 Å². The molecule has 3 N–H and O–H groups in total. The Morgan fingerprint density at radius 2 is 1.70 bits per heavy atom. The van der Waals surface area contributed by atoms with Gasteiger partial charge in [-0.1, -0.05) is 36.4 Å². The van der Waals surface area contributed by atoms with E-state index in [1.807, 2.05) is 42.5 Å². The summed E-state index contributed by atoms with van der Waals surface area (Å²) in [6.07, 6.45) is 0. The third-order valence-corrected chi connectivity index (χ3v) is 3.32. The van der Waals surface area contributed by atoms with E-state index in [1.54, 1.807) is 7.11 Å². The normalized spacial score (nSPS) is 10.4. The predicted octanol–water partition coefficient (Wildman–Crippen LogP) is 4.17. The number of hydrogen-bond acceptors (Lipinski definition) is 3. The maximum atomic E-state index is 6.02. The van der Waals surface area contributed by atoms with Crippen molar-refractivity contribution in [2.45, 2.75) is 0 Å². The molecule has 3 aromatic rings. The summed E-state index contributed by atoms with van der Waals surface area (Å²) in [5, 5.41) is 5.74. The monoisotopic (exact) mass is 264 g/mol. The number of rotatable bonds is 3. The van der Waals surface area contributed by atoms with Gasteiger partial charge in [0.1, 0.15) is 5.75 Å². The molecule has 0 spiro atoms. The molecule has 0 unspecified atom stereocenters. The van der Waals surface area contributed by atoms with Crippen molar-refractivity contribution in [3.8, 4) is 5.75 Å². The van der Waals surface area contributed by atoms with E-state index < -0.39 is 0 Å². The third kappa shape index (κ3) is 2.26. The van der Waals surface area contributed by atoms with E-state index >= 15 is 0 Å². The van der Waals surface area contributed by atoms with Crippen molar-refractivity contribution in [3.05, 3.63) is 60.7 Å². The van der Waals surface area contributed by atoms with Crippen LogP contribution in [0.3, 0.4) is 0 Å². The Labute approximate surface area is 118 Å². The molecule has 0 atom stereocenters. The zero-order valence-corrected chi connectivity index (χ0v) is 11.3.